The van der Waals surface area contributed by atoms with Crippen LogP contribution in [0.2, 0.25) is 5.02 Å². The maximum absolute atomic E-state index is 6.28. The quantitative estimate of drug-likeness (QED) is 0.862. The van der Waals surface area contributed by atoms with Crippen LogP contribution in [0.25, 0.3) is 0 Å². The molecule has 25 heavy (non-hydrogen) atoms. The molecule has 0 bridgehead atoms. The fourth-order valence-electron chi connectivity index (χ4n) is 4.02. The predicted molar refractivity (Wildman–Crippen MR) is 106 cm³/mol. The second-order valence-corrected chi connectivity index (χ2v) is 7.47. The Labute approximate surface area is 154 Å². The molecule has 0 radical (unpaired) electrons. The first-order valence-electron chi connectivity index (χ1n) is 9.11. The number of para-hydroxylation sites is 1. The Bertz CT molecular complexity index is 778. The van der Waals surface area contributed by atoms with E-state index in [0.717, 1.165) is 50.3 Å². The Hall–Kier alpha value is -1.84. The zero-order valence-corrected chi connectivity index (χ0v) is 15.1. The van der Waals surface area contributed by atoms with Crippen molar-refractivity contribution in [2.24, 2.45) is 10.4 Å². The molecule has 1 saturated heterocycles. The number of aliphatic imine (C=N–C) groups is 1. The van der Waals surface area contributed by atoms with Crippen LogP contribution >= 0.6 is 11.6 Å². The minimum atomic E-state index is 0.153. The van der Waals surface area contributed by atoms with Gasteiger partial charge < -0.3 is 10.6 Å². The Morgan fingerprint density at radius 1 is 1.00 bits per heavy atom. The summed E-state index contributed by atoms with van der Waals surface area (Å²) in [5, 5.41) is 7.97. The molecule has 0 aliphatic carbocycles. The molecule has 0 aromatic heterocycles. The van der Waals surface area contributed by atoms with Crippen LogP contribution in [-0.4, -0.2) is 25.5 Å². The van der Waals surface area contributed by atoms with Crippen LogP contribution in [0, 0.1) is 5.41 Å². The molecular formula is C21H24ClN3. The molecule has 130 valence electrons. The number of halogens is 1. The van der Waals surface area contributed by atoms with Crippen LogP contribution in [0.1, 0.15) is 24.0 Å². The van der Waals surface area contributed by atoms with Crippen molar-refractivity contribution in [3.8, 4) is 0 Å². The number of anilines is 1. The molecule has 0 unspecified atom stereocenters. The summed E-state index contributed by atoms with van der Waals surface area (Å²) in [6.45, 7) is 2.89. The maximum Gasteiger partial charge on any atom is 0.107 e. The van der Waals surface area contributed by atoms with Gasteiger partial charge in [0, 0.05) is 22.7 Å². The first-order valence-corrected chi connectivity index (χ1v) is 9.49. The van der Waals surface area contributed by atoms with E-state index in [9.17, 15) is 0 Å². The van der Waals surface area contributed by atoms with Crippen molar-refractivity contribution >= 4 is 23.1 Å². The number of benzene rings is 2. The van der Waals surface area contributed by atoms with Crippen LogP contribution in [0.3, 0.4) is 0 Å². The first-order chi connectivity index (χ1) is 12.3. The van der Waals surface area contributed by atoms with Gasteiger partial charge in [-0.1, -0.05) is 48.0 Å². The average Bonchev–Trinajstić information content (AvgIpc) is 2.64. The molecule has 1 spiro atoms. The second kappa shape index (κ2) is 7.19. The molecule has 2 heterocycles. The van der Waals surface area contributed by atoms with E-state index in [0.29, 0.717) is 0 Å². The van der Waals surface area contributed by atoms with E-state index in [4.69, 9.17) is 16.6 Å². The van der Waals surface area contributed by atoms with Crippen LogP contribution in [0.4, 0.5) is 5.69 Å². The van der Waals surface area contributed by atoms with E-state index in [-0.39, 0.29) is 5.41 Å². The number of rotatable bonds is 3. The highest BCUT2D eigenvalue weighted by atomic mass is 35.5. The highest BCUT2D eigenvalue weighted by Gasteiger charge is 2.40. The molecule has 2 aliphatic rings. The first kappa shape index (κ1) is 16.6. The van der Waals surface area contributed by atoms with Gasteiger partial charge in [0.2, 0.25) is 0 Å². The number of hydrogen-bond donors (Lipinski definition) is 2. The molecule has 2 aromatic rings. The summed E-state index contributed by atoms with van der Waals surface area (Å²) in [7, 11) is 0. The number of piperidine rings is 1. The van der Waals surface area contributed by atoms with Gasteiger partial charge in [-0.05, 0) is 62.0 Å². The standard InChI is InChI=1S/C21H24ClN3/c22-18-7-3-1-5-16(18)9-12-24-20-21(10-13-23-14-11-21)15-17-6-2-4-8-19(17)25-20/h1-8,23H,9-15H2,(H,24,25). The monoisotopic (exact) mass is 353 g/mol. The lowest BCUT2D eigenvalue weighted by atomic mass is 9.71. The lowest BCUT2D eigenvalue weighted by Gasteiger charge is -2.42. The van der Waals surface area contributed by atoms with E-state index >= 15 is 0 Å². The lowest BCUT2D eigenvalue weighted by molar-refractivity contribution is 0.293. The minimum absolute atomic E-state index is 0.153. The number of hydrogen-bond acceptors (Lipinski definition) is 2. The Morgan fingerprint density at radius 2 is 1.76 bits per heavy atom. The molecule has 0 amide bonds. The Kier molecular flexibility index (Phi) is 4.78. The predicted octanol–water partition coefficient (Wildman–Crippen LogP) is 4.32. The van der Waals surface area contributed by atoms with Crippen molar-refractivity contribution in [1.82, 2.24) is 5.32 Å². The molecule has 1 fully saturated rings. The van der Waals surface area contributed by atoms with Crippen molar-refractivity contribution < 1.29 is 0 Å². The number of nitrogens with zero attached hydrogens (tertiary/aromatic N) is 1. The van der Waals surface area contributed by atoms with Crippen LogP contribution in [0.15, 0.2) is 53.5 Å². The third-order valence-corrected chi connectivity index (χ3v) is 5.84. The molecule has 2 aromatic carbocycles. The van der Waals surface area contributed by atoms with Crippen molar-refractivity contribution in [2.75, 3.05) is 25.0 Å². The maximum atomic E-state index is 6.28. The fourth-order valence-corrected chi connectivity index (χ4v) is 4.25. The summed E-state index contributed by atoms with van der Waals surface area (Å²) in [5.74, 6) is 1.17. The molecular weight excluding hydrogens is 330 g/mol. The number of amidine groups is 1. The van der Waals surface area contributed by atoms with Gasteiger partial charge in [0.1, 0.15) is 5.84 Å². The molecule has 4 heteroatoms. The van der Waals surface area contributed by atoms with E-state index in [1.807, 2.05) is 18.2 Å². The summed E-state index contributed by atoms with van der Waals surface area (Å²) < 4.78 is 0. The van der Waals surface area contributed by atoms with Gasteiger partial charge in [-0.3, -0.25) is 4.99 Å². The van der Waals surface area contributed by atoms with Crippen LogP contribution in [0.5, 0.6) is 0 Å². The smallest absolute Gasteiger partial charge is 0.107 e. The highest BCUT2D eigenvalue weighted by molar-refractivity contribution is 6.31. The van der Waals surface area contributed by atoms with Crippen molar-refractivity contribution in [3.63, 3.8) is 0 Å². The van der Waals surface area contributed by atoms with Gasteiger partial charge in [0.15, 0.2) is 0 Å². The minimum Gasteiger partial charge on any atom is -0.343 e. The third-order valence-electron chi connectivity index (χ3n) is 5.47. The third kappa shape index (κ3) is 3.44. The average molecular weight is 354 g/mol. The van der Waals surface area contributed by atoms with Crippen molar-refractivity contribution in [1.29, 1.82) is 0 Å². The normalized spacial score (nSPS) is 20.3. The summed E-state index contributed by atoms with van der Waals surface area (Å²) in [5.41, 5.74) is 3.95. The van der Waals surface area contributed by atoms with E-state index in [1.54, 1.807) is 0 Å². The summed E-state index contributed by atoms with van der Waals surface area (Å²) in [6, 6.07) is 16.7. The number of fused-ring (bicyclic) bond motifs is 1. The van der Waals surface area contributed by atoms with E-state index in [1.165, 1.54) is 22.6 Å². The van der Waals surface area contributed by atoms with Crippen molar-refractivity contribution in [3.05, 3.63) is 64.7 Å². The summed E-state index contributed by atoms with van der Waals surface area (Å²) in [4.78, 5) is 5.01. The Balaban J connectivity index is 1.58. The lowest BCUT2D eigenvalue weighted by Crippen LogP contribution is -2.48. The molecule has 2 N–H and O–H groups in total. The highest BCUT2D eigenvalue weighted by Crippen LogP contribution is 2.40. The van der Waals surface area contributed by atoms with Gasteiger partial charge >= 0.3 is 0 Å². The van der Waals surface area contributed by atoms with Gasteiger partial charge in [-0.25, -0.2) is 0 Å². The molecule has 3 nitrogen and oxygen atoms in total. The molecule has 4 rings (SSSR count). The largest absolute Gasteiger partial charge is 0.343 e. The molecule has 0 saturated carbocycles. The second-order valence-electron chi connectivity index (χ2n) is 7.06. The van der Waals surface area contributed by atoms with Gasteiger partial charge in [-0.15, -0.1) is 0 Å². The summed E-state index contributed by atoms with van der Waals surface area (Å²) in [6.07, 6.45) is 4.24. The fraction of sp³-hybridized carbons (Fsp3) is 0.381. The van der Waals surface area contributed by atoms with Gasteiger partial charge in [0.25, 0.3) is 0 Å². The molecule has 0 atom stereocenters. The van der Waals surface area contributed by atoms with E-state index in [2.05, 4.69) is 41.0 Å². The SMILES string of the molecule is Clc1ccccc1CCN=C1Nc2ccccc2CC12CCNCC2. The zero-order valence-electron chi connectivity index (χ0n) is 14.4. The van der Waals surface area contributed by atoms with Gasteiger partial charge in [0.05, 0.1) is 0 Å². The number of nitrogens with one attached hydrogen (secondary N) is 2. The topological polar surface area (TPSA) is 36.4 Å². The van der Waals surface area contributed by atoms with E-state index < -0.39 is 0 Å². The van der Waals surface area contributed by atoms with Crippen LogP contribution in [-0.2, 0) is 12.8 Å². The summed E-state index contributed by atoms with van der Waals surface area (Å²) >= 11 is 6.28. The van der Waals surface area contributed by atoms with Gasteiger partial charge in [-0.2, -0.15) is 0 Å². The Morgan fingerprint density at radius 3 is 2.60 bits per heavy atom. The van der Waals surface area contributed by atoms with Crippen LogP contribution < -0.4 is 10.6 Å². The van der Waals surface area contributed by atoms with Crippen molar-refractivity contribution in [2.45, 2.75) is 25.7 Å². The molecule has 2 aliphatic heterocycles. The zero-order chi connectivity index (χ0) is 17.1.